The Morgan fingerprint density at radius 3 is 2.54 bits per heavy atom. The maximum Gasteiger partial charge on any atom is 0.252 e. The molecule has 0 unspecified atom stereocenters. The molecule has 2 aromatic rings. The van der Waals surface area contributed by atoms with Gasteiger partial charge in [0.15, 0.2) is 0 Å². The summed E-state index contributed by atoms with van der Waals surface area (Å²) in [5.41, 5.74) is 1.99. The predicted octanol–water partition coefficient (Wildman–Crippen LogP) is 2.31. The fourth-order valence-electron chi connectivity index (χ4n) is 2.85. The van der Waals surface area contributed by atoms with E-state index >= 15 is 0 Å². The van der Waals surface area contributed by atoms with E-state index in [9.17, 15) is 4.79 Å². The van der Waals surface area contributed by atoms with Crippen molar-refractivity contribution in [1.82, 2.24) is 10.2 Å². The molecule has 128 valence electrons. The largest absolute Gasteiger partial charge is 0.497 e. The molecule has 6 heteroatoms. The lowest BCUT2D eigenvalue weighted by Crippen LogP contribution is -2.48. The fraction of sp³-hybridized carbons (Fsp3) is 0.389. The standard InChI is InChI=1S/C18H23N3O2S/c1-23-17-4-2-16(3-5-17)21-11-9-20(10-12-21)8-7-19-18(22)15-6-13-24-14-15/h2-6,13-14H,7-12H2,1H3,(H,19,22). The molecule has 1 aromatic heterocycles. The number of hydrogen-bond acceptors (Lipinski definition) is 5. The van der Waals surface area contributed by atoms with Crippen LogP contribution in [-0.2, 0) is 0 Å². The molecule has 0 aliphatic carbocycles. The summed E-state index contributed by atoms with van der Waals surface area (Å²) >= 11 is 1.55. The molecule has 1 aromatic carbocycles. The minimum Gasteiger partial charge on any atom is -0.497 e. The van der Waals surface area contributed by atoms with E-state index < -0.39 is 0 Å². The van der Waals surface area contributed by atoms with Crippen LogP contribution in [0.5, 0.6) is 5.75 Å². The number of thiophene rings is 1. The van der Waals surface area contributed by atoms with E-state index in [1.807, 2.05) is 29.0 Å². The number of hydrogen-bond donors (Lipinski definition) is 1. The van der Waals surface area contributed by atoms with Gasteiger partial charge in [0.05, 0.1) is 7.11 Å². The Balaban J connectivity index is 1.39. The molecular formula is C18H23N3O2S. The molecule has 1 N–H and O–H groups in total. The number of rotatable bonds is 6. The third-order valence-electron chi connectivity index (χ3n) is 4.31. The number of methoxy groups -OCH3 is 1. The van der Waals surface area contributed by atoms with Crippen molar-refractivity contribution in [1.29, 1.82) is 0 Å². The number of piperazine rings is 1. The van der Waals surface area contributed by atoms with Gasteiger partial charge >= 0.3 is 0 Å². The molecule has 0 spiro atoms. The normalized spacial score (nSPS) is 15.3. The molecule has 1 saturated heterocycles. The van der Waals surface area contributed by atoms with Gasteiger partial charge in [0.25, 0.3) is 5.91 Å². The highest BCUT2D eigenvalue weighted by atomic mass is 32.1. The van der Waals surface area contributed by atoms with Crippen LogP contribution in [-0.4, -0.2) is 57.2 Å². The van der Waals surface area contributed by atoms with Gasteiger partial charge in [-0.05, 0) is 35.7 Å². The first-order valence-electron chi connectivity index (χ1n) is 8.18. The van der Waals surface area contributed by atoms with Gasteiger partial charge in [0.1, 0.15) is 5.75 Å². The van der Waals surface area contributed by atoms with E-state index in [2.05, 4.69) is 27.2 Å². The summed E-state index contributed by atoms with van der Waals surface area (Å²) < 4.78 is 5.20. The first-order chi connectivity index (χ1) is 11.8. The molecule has 0 atom stereocenters. The number of nitrogens with one attached hydrogen (secondary N) is 1. The van der Waals surface area contributed by atoms with Crippen molar-refractivity contribution >= 4 is 22.9 Å². The molecule has 0 saturated carbocycles. The lowest BCUT2D eigenvalue weighted by Gasteiger charge is -2.36. The van der Waals surface area contributed by atoms with Crippen LogP contribution in [0.15, 0.2) is 41.1 Å². The van der Waals surface area contributed by atoms with Gasteiger partial charge in [-0.3, -0.25) is 9.69 Å². The topological polar surface area (TPSA) is 44.8 Å². The Bertz CT molecular complexity index is 635. The van der Waals surface area contributed by atoms with Crippen molar-refractivity contribution < 1.29 is 9.53 Å². The predicted molar refractivity (Wildman–Crippen MR) is 98.3 cm³/mol. The number of anilines is 1. The van der Waals surface area contributed by atoms with E-state index in [4.69, 9.17) is 4.74 Å². The maximum absolute atomic E-state index is 11.9. The summed E-state index contributed by atoms with van der Waals surface area (Å²) in [7, 11) is 1.69. The van der Waals surface area contributed by atoms with Gasteiger partial charge in [-0.25, -0.2) is 0 Å². The van der Waals surface area contributed by atoms with Crippen molar-refractivity contribution in [3.05, 3.63) is 46.7 Å². The number of carbonyl (C=O) groups excluding carboxylic acids is 1. The number of amides is 1. The lowest BCUT2D eigenvalue weighted by molar-refractivity contribution is 0.0948. The Labute approximate surface area is 146 Å². The van der Waals surface area contributed by atoms with Crippen LogP contribution in [0.1, 0.15) is 10.4 Å². The van der Waals surface area contributed by atoms with E-state index in [0.29, 0.717) is 6.54 Å². The van der Waals surface area contributed by atoms with Crippen molar-refractivity contribution in [3.8, 4) is 5.75 Å². The van der Waals surface area contributed by atoms with Gasteiger partial charge in [-0.1, -0.05) is 0 Å². The Kier molecular flexibility index (Phi) is 5.72. The summed E-state index contributed by atoms with van der Waals surface area (Å²) in [5, 5.41) is 6.79. The maximum atomic E-state index is 11.9. The van der Waals surface area contributed by atoms with Crippen molar-refractivity contribution in [2.75, 3.05) is 51.3 Å². The van der Waals surface area contributed by atoms with Gasteiger partial charge in [-0.15, -0.1) is 0 Å². The summed E-state index contributed by atoms with van der Waals surface area (Å²) in [5.74, 6) is 0.909. The van der Waals surface area contributed by atoms with Crippen LogP contribution in [0.2, 0.25) is 0 Å². The average molecular weight is 345 g/mol. The molecule has 1 fully saturated rings. The third kappa shape index (κ3) is 4.27. The van der Waals surface area contributed by atoms with Crippen molar-refractivity contribution in [3.63, 3.8) is 0 Å². The molecule has 0 bridgehead atoms. The molecule has 5 nitrogen and oxygen atoms in total. The highest BCUT2D eigenvalue weighted by Crippen LogP contribution is 2.20. The van der Waals surface area contributed by atoms with E-state index in [1.54, 1.807) is 18.4 Å². The summed E-state index contributed by atoms with van der Waals surface area (Å²) in [6.45, 7) is 5.62. The summed E-state index contributed by atoms with van der Waals surface area (Å²) in [6, 6.07) is 10.1. The van der Waals surface area contributed by atoms with Crippen molar-refractivity contribution in [2.24, 2.45) is 0 Å². The minimum atomic E-state index is 0.0214. The second-order valence-corrected chi connectivity index (χ2v) is 6.57. The van der Waals surface area contributed by atoms with Gasteiger partial charge in [-0.2, -0.15) is 11.3 Å². The van der Waals surface area contributed by atoms with Gasteiger partial charge in [0, 0.05) is 55.9 Å². The quantitative estimate of drug-likeness (QED) is 0.873. The van der Waals surface area contributed by atoms with E-state index in [0.717, 1.165) is 44.0 Å². The average Bonchev–Trinajstić information content (AvgIpc) is 3.17. The van der Waals surface area contributed by atoms with Gasteiger partial charge in [0.2, 0.25) is 0 Å². The van der Waals surface area contributed by atoms with Crippen LogP contribution in [0.3, 0.4) is 0 Å². The smallest absolute Gasteiger partial charge is 0.252 e. The zero-order chi connectivity index (χ0) is 16.8. The van der Waals surface area contributed by atoms with E-state index in [-0.39, 0.29) is 5.91 Å². The molecular weight excluding hydrogens is 322 g/mol. The zero-order valence-electron chi connectivity index (χ0n) is 13.9. The van der Waals surface area contributed by atoms with Crippen molar-refractivity contribution in [2.45, 2.75) is 0 Å². The Morgan fingerprint density at radius 1 is 1.17 bits per heavy atom. The van der Waals surface area contributed by atoms with Crippen LogP contribution < -0.4 is 15.0 Å². The second kappa shape index (κ2) is 8.17. The second-order valence-electron chi connectivity index (χ2n) is 5.79. The number of carbonyl (C=O) groups is 1. The number of benzene rings is 1. The molecule has 1 aliphatic rings. The molecule has 1 amide bonds. The molecule has 3 rings (SSSR count). The molecule has 24 heavy (non-hydrogen) atoms. The summed E-state index contributed by atoms with van der Waals surface area (Å²) in [4.78, 5) is 16.7. The van der Waals surface area contributed by atoms with Crippen LogP contribution in [0.4, 0.5) is 5.69 Å². The monoisotopic (exact) mass is 345 g/mol. The number of nitrogens with zero attached hydrogens (tertiary/aromatic N) is 2. The molecule has 0 radical (unpaired) electrons. The summed E-state index contributed by atoms with van der Waals surface area (Å²) in [6.07, 6.45) is 0. The Morgan fingerprint density at radius 2 is 1.92 bits per heavy atom. The zero-order valence-corrected chi connectivity index (χ0v) is 14.7. The fourth-order valence-corrected chi connectivity index (χ4v) is 3.48. The highest BCUT2D eigenvalue weighted by molar-refractivity contribution is 7.08. The molecule has 2 heterocycles. The highest BCUT2D eigenvalue weighted by Gasteiger charge is 2.17. The van der Waals surface area contributed by atoms with Gasteiger partial charge < -0.3 is 15.0 Å². The van der Waals surface area contributed by atoms with Crippen LogP contribution in [0.25, 0.3) is 0 Å². The lowest BCUT2D eigenvalue weighted by atomic mass is 10.2. The van der Waals surface area contributed by atoms with Crippen LogP contribution in [0, 0.1) is 0 Å². The first-order valence-corrected chi connectivity index (χ1v) is 9.12. The van der Waals surface area contributed by atoms with E-state index in [1.165, 1.54) is 5.69 Å². The minimum absolute atomic E-state index is 0.0214. The van der Waals surface area contributed by atoms with Crippen LogP contribution >= 0.6 is 11.3 Å². The molecule has 1 aliphatic heterocycles. The first kappa shape index (κ1) is 16.8. The number of ether oxygens (including phenoxy) is 1. The third-order valence-corrected chi connectivity index (χ3v) is 4.99. The Hall–Kier alpha value is -2.05. The SMILES string of the molecule is COc1ccc(N2CCN(CCNC(=O)c3ccsc3)CC2)cc1.